The molecule has 2 rings (SSSR count). The molecule has 2 aromatic rings. The van der Waals surface area contributed by atoms with Gasteiger partial charge in [0.2, 0.25) is 0 Å². The average molecular weight is 299 g/mol. The molecule has 1 heterocycles. The lowest BCUT2D eigenvalue weighted by Crippen LogP contribution is -2.06. The molecule has 4 heteroatoms. The minimum Gasteiger partial charge on any atom is -0.493 e. The molecule has 1 aromatic carbocycles. The Morgan fingerprint density at radius 3 is 2.59 bits per heavy atom. The van der Waals surface area contributed by atoms with Crippen LogP contribution in [0, 0.1) is 12.8 Å². The minimum atomic E-state index is -0.849. The summed E-state index contributed by atoms with van der Waals surface area (Å²) < 4.78 is 5.85. The molecule has 0 amide bonds. The van der Waals surface area contributed by atoms with Crippen molar-refractivity contribution in [3.63, 3.8) is 0 Å². The number of nitrogens with zero attached hydrogens (tertiary/aromatic N) is 1. The summed E-state index contributed by atoms with van der Waals surface area (Å²) in [6.45, 7) is 6.68. The minimum absolute atomic E-state index is 0.00932. The Kier molecular flexibility index (Phi) is 5.15. The summed E-state index contributed by atoms with van der Waals surface area (Å²) in [4.78, 5) is 15.4. The van der Waals surface area contributed by atoms with E-state index >= 15 is 0 Å². The van der Waals surface area contributed by atoms with Crippen LogP contribution >= 0.6 is 0 Å². The van der Waals surface area contributed by atoms with E-state index in [1.54, 1.807) is 0 Å². The van der Waals surface area contributed by atoms with Gasteiger partial charge in [-0.15, -0.1) is 0 Å². The molecule has 0 aliphatic carbocycles. The third-order valence-electron chi connectivity index (χ3n) is 3.27. The first kappa shape index (κ1) is 16.0. The fraction of sp³-hybridized carbons (Fsp3) is 0.333. The molecule has 4 nitrogen and oxygen atoms in total. The lowest BCUT2D eigenvalue weighted by atomic mass is 10.1. The third-order valence-corrected chi connectivity index (χ3v) is 3.27. The van der Waals surface area contributed by atoms with Gasteiger partial charge in [0, 0.05) is 11.3 Å². The lowest BCUT2D eigenvalue weighted by molar-refractivity contribution is -0.136. The first-order chi connectivity index (χ1) is 10.5. The number of aromatic nitrogens is 1. The second-order valence-corrected chi connectivity index (χ2v) is 5.71. The van der Waals surface area contributed by atoms with E-state index in [4.69, 9.17) is 9.84 Å². The van der Waals surface area contributed by atoms with E-state index in [1.165, 1.54) is 0 Å². The Balaban J connectivity index is 2.32. The molecule has 22 heavy (non-hydrogen) atoms. The van der Waals surface area contributed by atoms with Crippen LogP contribution in [0.5, 0.6) is 5.75 Å². The monoisotopic (exact) mass is 299 g/mol. The zero-order chi connectivity index (χ0) is 16.1. The van der Waals surface area contributed by atoms with Gasteiger partial charge < -0.3 is 9.84 Å². The van der Waals surface area contributed by atoms with E-state index in [0.717, 1.165) is 28.3 Å². The number of para-hydroxylation sites is 1. The predicted octanol–water partition coefficient (Wildman–Crippen LogP) is 3.72. The Bertz CT molecular complexity index is 665. The van der Waals surface area contributed by atoms with Gasteiger partial charge in [-0.1, -0.05) is 32.0 Å². The number of carboxylic acid groups (broad SMARTS) is 1. The largest absolute Gasteiger partial charge is 0.493 e. The first-order valence-corrected chi connectivity index (χ1v) is 7.38. The summed E-state index contributed by atoms with van der Waals surface area (Å²) >= 11 is 0. The van der Waals surface area contributed by atoms with Crippen molar-refractivity contribution in [2.45, 2.75) is 27.2 Å². The predicted molar refractivity (Wildman–Crippen MR) is 86.1 cm³/mol. The molecular weight excluding hydrogens is 278 g/mol. The molecule has 0 saturated carbocycles. The highest BCUT2D eigenvalue weighted by Crippen LogP contribution is 2.29. The van der Waals surface area contributed by atoms with Crippen molar-refractivity contribution in [2.24, 2.45) is 5.92 Å². The fourth-order valence-corrected chi connectivity index (χ4v) is 2.15. The van der Waals surface area contributed by atoms with Gasteiger partial charge in [-0.25, -0.2) is 0 Å². The SMILES string of the molecule is Cc1nc(-c2ccccc2OCC(C)C)ccc1CC(=O)O. The summed E-state index contributed by atoms with van der Waals surface area (Å²) in [6, 6.07) is 11.5. The van der Waals surface area contributed by atoms with E-state index in [2.05, 4.69) is 18.8 Å². The second-order valence-electron chi connectivity index (χ2n) is 5.71. The molecule has 0 bridgehead atoms. The van der Waals surface area contributed by atoms with Crippen molar-refractivity contribution >= 4 is 5.97 Å². The Labute approximate surface area is 130 Å². The maximum atomic E-state index is 10.8. The second kappa shape index (κ2) is 7.07. The van der Waals surface area contributed by atoms with Gasteiger partial charge in [0.15, 0.2) is 0 Å². The van der Waals surface area contributed by atoms with Crippen LogP contribution in [-0.2, 0) is 11.2 Å². The van der Waals surface area contributed by atoms with Gasteiger partial charge in [-0.05, 0) is 36.6 Å². The molecule has 0 radical (unpaired) electrons. The van der Waals surface area contributed by atoms with Crippen LogP contribution in [0.25, 0.3) is 11.3 Å². The topological polar surface area (TPSA) is 59.4 Å². The maximum Gasteiger partial charge on any atom is 0.307 e. The molecule has 0 atom stereocenters. The quantitative estimate of drug-likeness (QED) is 0.883. The van der Waals surface area contributed by atoms with Crippen LogP contribution in [0.2, 0.25) is 0 Å². The Hall–Kier alpha value is -2.36. The van der Waals surface area contributed by atoms with Crippen molar-refractivity contribution in [2.75, 3.05) is 6.61 Å². The number of ether oxygens (including phenoxy) is 1. The number of hydrogen-bond donors (Lipinski definition) is 1. The van der Waals surface area contributed by atoms with Gasteiger partial charge in [0.05, 0.1) is 18.7 Å². The molecule has 0 aliphatic heterocycles. The van der Waals surface area contributed by atoms with E-state index in [0.29, 0.717) is 12.5 Å². The van der Waals surface area contributed by atoms with Gasteiger partial charge in [0.25, 0.3) is 0 Å². The Morgan fingerprint density at radius 2 is 1.95 bits per heavy atom. The number of rotatable bonds is 6. The highest BCUT2D eigenvalue weighted by molar-refractivity contribution is 5.72. The number of pyridine rings is 1. The lowest BCUT2D eigenvalue weighted by Gasteiger charge is -2.13. The first-order valence-electron chi connectivity index (χ1n) is 7.38. The average Bonchev–Trinajstić information content (AvgIpc) is 2.47. The van der Waals surface area contributed by atoms with E-state index < -0.39 is 5.97 Å². The van der Waals surface area contributed by atoms with Crippen LogP contribution in [0.1, 0.15) is 25.1 Å². The highest BCUT2D eigenvalue weighted by Gasteiger charge is 2.11. The van der Waals surface area contributed by atoms with Crippen LogP contribution in [0.3, 0.4) is 0 Å². The van der Waals surface area contributed by atoms with Crippen molar-refractivity contribution in [1.29, 1.82) is 0 Å². The molecule has 0 aliphatic rings. The summed E-state index contributed by atoms with van der Waals surface area (Å²) in [5.41, 5.74) is 3.19. The zero-order valence-electron chi connectivity index (χ0n) is 13.2. The standard InChI is InChI=1S/C18H21NO3/c1-12(2)11-22-17-7-5-4-6-15(17)16-9-8-14(10-18(20)21)13(3)19-16/h4-9,12H,10-11H2,1-3H3,(H,20,21). The summed E-state index contributed by atoms with van der Waals surface area (Å²) in [6.07, 6.45) is -0.00932. The smallest absolute Gasteiger partial charge is 0.307 e. The number of aliphatic carboxylic acids is 1. The van der Waals surface area contributed by atoms with Crippen LogP contribution in [0.15, 0.2) is 36.4 Å². The summed E-state index contributed by atoms with van der Waals surface area (Å²) in [5.74, 6) is 0.396. The van der Waals surface area contributed by atoms with Crippen molar-refractivity contribution < 1.29 is 14.6 Å². The highest BCUT2D eigenvalue weighted by atomic mass is 16.5. The molecule has 0 unspecified atom stereocenters. The van der Waals surface area contributed by atoms with Gasteiger partial charge >= 0.3 is 5.97 Å². The Morgan fingerprint density at radius 1 is 1.23 bits per heavy atom. The normalized spacial score (nSPS) is 10.7. The molecule has 116 valence electrons. The number of carboxylic acids is 1. The van der Waals surface area contributed by atoms with Gasteiger partial charge in [-0.3, -0.25) is 9.78 Å². The van der Waals surface area contributed by atoms with Crippen molar-refractivity contribution in [3.8, 4) is 17.0 Å². The number of aryl methyl sites for hydroxylation is 1. The number of benzene rings is 1. The maximum absolute atomic E-state index is 10.8. The molecule has 0 saturated heterocycles. The van der Waals surface area contributed by atoms with E-state index in [9.17, 15) is 4.79 Å². The number of carbonyl (C=O) groups is 1. The number of hydrogen-bond acceptors (Lipinski definition) is 3. The van der Waals surface area contributed by atoms with Crippen LogP contribution in [0.4, 0.5) is 0 Å². The van der Waals surface area contributed by atoms with Crippen LogP contribution < -0.4 is 4.74 Å². The molecule has 1 N–H and O–H groups in total. The van der Waals surface area contributed by atoms with Crippen molar-refractivity contribution in [3.05, 3.63) is 47.7 Å². The van der Waals surface area contributed by atoms with Gasteiger partial charge in [-0.2, -0.15) is 0 Å². The molecule has 0 fully saturated rings. The van der Waals surface area contributed by atoms with E-state index in [-0.39, 0.29) is 6.42 Å². The summed E-state index contributed by atoms with van der Waals surface area (Å²) in [5, 5.41) is 8.90. The molecule has 0 spiro atoms. The van der Waals surface area contributed by atoms with E-state index in [1.807, 2.05) is 43.3 Å². The van der Waals surface area contributed by atoms with Gasteiger partial charge in [0.1, 0.15) is 5.75 Å². The zero-order valence-corrected chi connectivity index (χ0v) is 13.2. The van der Waals surface area contributed by atoms with Crippen molar-refractivity contribution in [1.82, 2.24) is 4.98 Å². The molecule has 1 aromatic heterocycles. The third kappa shape index (κ3) is 4.07. The van der Waals surface area contributed by atoms with Crippen LogP contribution in [-0.4, -0.2) is 22.7 Å². The summed E-state index contributed by atoms with van der Waals surface area (Å²) in [7, 11) is 0. The fourth-order valence-electron chi connectivity index (χ4n) is 2.15. The molecular formula is C18H21NO3.